The van der Waals surface area contributed by atoms with E-state index in [0.29, 0.717) is 16.8 Å². The SMILES string of the molecule is CC/C=C(\CCC)c1ccc(NC(=O)N2Cc3cc(F)cc(F)c3C2)cc1. The van der Waals surface area contributed by atoms with Crippen molar-refractivity contribution in [2.24, 2.45) is 0 Å². The number of nitrogens with zero attached hydrogens (tertiary/aromatic N) is 1. The van der Waals surface area contributed by atoms with Gasteiger partial charge in [0.05, 0.1) is 6.54 Å². The molecule has 0 unspecified atom stereocenters. The second-order valence-corrected chi connectivity index (χ2v) is 6.78. The molecule has 5 heteroatoms. The van der Waals surface area contributed by atoms with Gasteiger partial charge in [-0.2, -0.15) is 0 Å². The van der Waals surface area contributed by atoms with Crippen LogP contribution in [0.15, 0.2) is 42.5 Å². The lowest BCUT2D eigenvalue weighted by molar-refractivity contribution is 0.212. The van der Waals surface area contributed by atoms with Crippen LogP contribution in [0.2, 0.25) is 0 Å². The van der Waals surface area contributed by atoms with Crippen LogP contribution in [-0.2, 0) is 13.1 Å². The first-order chi connectivity index (χ1) is 13.0. The van der Waals surface area contributed by atoms with Crippen LogP contribution in [-0.4, -0.2) is 10.9 Å². The van der Waals surface area contributed by atoms with Crippen LogP contribution >= 0.6 is 0 Å². The highest BCUT2D eigenvalue weighted by Crippen LogP contribution is 2.27. The Hall–Kier alpha value is -2.69. The van der Waals surface area contributed by atoms with Crippen LogP contribution in [0.3, 0.4) is 0 Å². The zero-order chi connectivity index (χ0) is 19.4. The van der Waals surface area contributed by atoms with E-state index in [-0.39, 0.29) is 19.1 Å². The molecule has 142 valence electrons. The van der Waals surface area contributed by atoms with Crippen molar-refractivity contribution >= 4 is 17.3 Å². The molecule has 3 rings (SSSR count). The van der Waals surface area contributed by atoms with E-state index in [1.54, 1.807) is 0 Å². The number of hydrogen-bond acceptors (Lipinski definition) is 1. The minimum absolute atomic E-state index is 0.144. The van der Waals surface area contributed by atoms with E-state index >= 15 is 0 Å². The Kier molecular flexibility index (Phi) is 5.89. The first kappa shape index (κ1) is 19.1. The summed E-state index contributed by atoms with van der Waals surface area (Å²) in [5.74, 6) is -1.22. The number of amides is 2. The molecule has 0 atom stereocenters. The normalized spacial score (nSPS) is 13.6. The monoisotopic (exact) mass is 370 g/mol. The largest absolute Gasteiger partial charge is 0.322 e. The Labute approximate surface area is 158 Å². The number of carbonyl (C=O) groups is 1. The number of nitrogens with one attached hydrogen (secondary N) is 1. The molecule has 0 aromatic heterocycles. The second kappa shape index (κ2) is 8.33. The topological polar surface area (TPSA) is 32.3 Å². The van der Waals surface area contributed by atoms with Gasteiger partial charge in [-0.25, -0.2) is 13.6 Å². The Morgan fingerprint density at radius 2 is 1.89 bits per heavy atom. The summed E-state index contributed by atoms with van der Waals surface area (Å²) in [6.45, 7) is 4.62. The zero-order valence-corrected chi connectivity index (χ0v) is 15.7. The lowest BCUT2D eigenvalue weighted by Crippen LogP contribution is -2.30. The average molecular weight is 370 g/mol. The highest BCUT2D eigenvalue weighted by molar-refractivity contribution is 5.90. The molecule has 0 radical (unpaired) electrons. The maximum Gasteiger partial charge on any atom is 0.322 e. The maximum atomic E-state index is 13.9. The van der Waals surface area contributed by atoms with E-state index in [4.69, 9.17) is 0 Å². The van der Waals surface area contributed by atoms with Crippen molar-refractivity contribution in [1.29, 1.82) is 0 Å². The number of fused-ring (bicyclic) bond motifs is 1. The van der Waals surface area contributed by atoms with Crippen molar-refractivity contribution in [1.82, 2.24) is 4.90 Å². The van der Waals surface area contributed by atoms with Crippen molar-refractivity contribution in [3.63, 3.8) is 0 Å². The third-order valence-electron chi connectivity index (χ3n) is 4.73. The molecule has 2 aromatic carbocycles. The molecule has 1 aliphatic heterocycles. The molecule has 1 N–H and O–H groups in total. The maximum absolute atomic E-state index is 13.9. The fraction of sp³-hybridized carbons (Fsp3) is 0.318. The van der Waals surface area contributed by atoms with E-state index in [9.17, 15) is 13.6 Å². The van der Waals surface area contributed by atoms with Crippen molar-refractivity contribution in [2.45, 2.75) is 46.2 Å². The molecule has 2 aromatic rings. The lowest BCUT2D eigenvalue weighted by atomic mass is 10.00. The van der Waals surface area contributed by atoms with Gasteiger partial charge in [0.1, 0.15) is 11.6 Å². The standard InChI is InChI=1S/C22H24F2N2O/c1-3-5-15(6-4-2)16-7-9-19(10-8-16)25-22(27)26-13-17-11-18(23)12-21(24)20(17)14-26/h5,7-12H,3-4,6,13-14H2,1-2H3,(H,25,27)/b15-5+. The fourth-order valence-corrected chi connectivity index (χ4v) is 3.42. The first-order valence-corrected chi connectivity index (χ1v) is 9.34. The number of benzene rings is 2. The molecule has 0 saturated heterocycles. The average Bonchev–Trinajstić information content (AvgIpc) is 3.07. The quantitative estimate of drug-likeness (QED) is 0.677. The number of halogens is 2. The van der Waals surface area contributed by atoms with Gasteiger partial charge in [0.15, 0.2) is 0 Å². The summed E-state index contributed by atoms with van der Waals surface area (Å²) in [6, 6.07) is 9.57. The number of carbonyl (C=O) groups excluding carboxylic acids is 1. The van der Waals surface area contributed by atoms with E-state index in [2.05, 4.69) is 25.2 Å². The van der Waals surface area contributed by atoms with Crippen molar-refractivity contribution < 1.29 is 13.6 Å². The minimum atomic E-state index is -0.618. The number of urea groups is 1. The Morgan fingerprint density at radius 1 is 1.15 bits per heavy atom. The van der Waals surface area contributed by atoms with E-state index in [0.717, 1.165) is 30.9 Å². The summed E-state index contributed by atoms with van der Waals surface area (Å²) in [5.41, 5.74) is 4.05. The molecule has 3 nitrogen and oxygen atoms in total. The van der Waals surface area contributed by atoms with Crippen LogP contribution in [0.25, 0.3) is 5.57 Å². The van der Waals surface area contributed by atoms with Crippen LogP contribution in [0, 0.1) is 11.6 Å². The third kappa shape index (κ3) is 4.35. The van der Waals surface area contributed by atoms with Crippen molar-refractivity contribution in [3.05, 3.63) is 70.8 Å². The Balaban J connectivity index is 1.67. The predicted octanol–water partition coefficient (Wildman–Crippen LogP) is 6.11. The van der Waals surface area contributed by atoms with Gasteiger partial charge in [0.2, 0.25) is 0 Å². The summed E-state index contributed by atoms with van der Waals surface area (Å²) in [5, 5.41) is 2.83. The van der Waals surface area contributed by atoms with Gasteiger partial charge in [0, 0.05) is 23.9 Å². The Bertz CT molecular complexity index is 859. The molecule has 0 bridgehead atoms. The molecule has 1 aliphatic rings. The lowest BCUT2D eigenvalue weighted by Gasteiger charge is -2.17. The molecule has 27 heavy (non-hydrogen) atoms. The summed E-state index contributed by atoms with van der Waals surface area (Å²) < 4.78 is 27.2. The Morgan fingerprint density at radius 3 is 2.56 bits per heavy atom. The summed E-state index contributed by atoms with van der Waals surface area (Å²) in [6.07, 6.45) is 5.32. The third-order valence-corrected chi connectivity index (χ3v) is 4.73. The highest BCUT2D eigenvalue weighted by atomic mass is 19.1. The number of rotatable bonds is 5. The summed E-state index contributed by atoms with van der Waals surface area (Å²) >= 11 is 0. The van der Waals surface area contributed by atoms with Gasteiger partial charge < -0.3 is 10.2 Å². The number of anilines is 1. The van der Waals surface area contributed by atoms with Crippen molar-refractivity contribution in [3.8, 4) is 0 Å². The molecule has 0 aliphatic carbocycles. The van der Waals surface area contributed by atoms with Crippen molar-refractivity contribution in [2.75, 3.05) is 5.32 Å². The van der Waals surface area contributed by atoms with E-state index < -0.39 is 11.6 Å². The number of allylic oxidation sites excluding steroid dienone is 2. The van der Waals surface area contributed by atoms with E-state index in [1.807, 2.05) is 24.3 Å². The predicted molar refractivity (Wildman–Crippen MR) is 104 cm³/mol. The smallest absolute Gasteiger partial charge is 0.316 e. The summed E-state index contributed by atoms with van der Waals surface area (Å²) in [4.78, 5) is 14.0. The molecule has 0 saturated carbocycles. The van der Waals surface area contributed by atoms with Gasteiger partial charge >= 0.3 is 6.03 Å². The molecular formula is C22H24F2N2O. The molecular weight excluding hydrogens is 346 g/mol. The van der Waals surface area contributed by atoms with Crippen LogP contribution < -0.4 is 5.32 Å². The zero-order valence-electron chi connectivity index (χ0n) is 15.7. The summed E-state index contributed by atoms with van der Waals surface area (Å²) in [7, 11) is 0. The fourth-order valence-electron chi connectivity index (χ4n) is 3.42. The molecule has 1 heterocycles. The first-order valence-electron chi connectivity index (χ1n) is 9.34. The van der Waals surface area contributed by atoms with Crippen LogP contribution in [0.1, 0.15) is 49.8 Å². The van der Waals surface area contributed by atoms with Gasteiger partial charge in [-0.15, -0.1) is 0 Å². The second-order valence-electron chi connectivity index (χ2n) is 6.78. The van der Waals surface area contributed by atoms with Gasteiger partial charge in [-0.05, 0) is 47.7 Å². The van der Waals surface area contributed by atoms with E-state index in [1.165, 1.54) is 16.5 Å². The van der Waals surface area contributed by atoms with Gasteiger partial charge in [-0.1, -0.05) is 38.5 Å². The highest BCUT2D eigenvalue weighted by Gasteiger charge is 2.26. The van der Waals surface area contributed by atoms with Crippen LogP contribution in [0.5, 0.6) is 0 Å². The minimum Gasteiger partial charge on any atom is -0.316 e. The molecule has 0 fully saturated rings. The van der Waals surface area contributed by atoms with Crippen LogP contribution in [0.4, 0.5) is 19.3 Å². The molecule has 0 spiro atoms. The molecule has 2 amide bonds. The van der Waals surface area contributed by atoms with Gasteiger partial charge in [0.25, 0.3) is 0 Å². The van der Waals surface area contributed by atoms with Gasteiger partial charge in [-0.3, -0.25) is 0 Å². The number of hydrogen-bond donors (Lipinski definition) is 1.